The zero-order valence-corrected chi connectivity index (χ0v) is 27.1. The number of anilines is 2. The fourth-order valence-corrected chi connectivity index (χ4v) is 6.37. The molecule has 49 heavy (non-hydrogen) atoms. The Balaban J connectivity index is 0.963. The van der Waals surface area contributed by atoms with E-state index in [0.29, 0.717) is 93.7 Å². The van der Waals surface area contributed by atoms with Crippen molar-refractivity contribution in [2.24, 2.45) is 7.05 Å². The molecule has 2 aliphatic rings. The second-order valence-electron chi connectivity index (χ2n) is 12.1. The van der Waals surface area contributed by atoms with Crippen molar-refractivity contribution >= 4 is 34.2 Å². The third-order valence-electron chi connectivity index (χ3n) is 9.05. The van der Waals surface area contributed by atoms with Crippen LogP contribution in [0.4, 0.5) is 20.4 Å². The highest BCUT2D eigenvalue weighted by Crippen LogP contribution is 2.30. The third-order valence-corrected chi connectivity index (χ3v) is 9.05. The number of aromatic nitrogens is 5. The van der Waals surface area contributed by atoms with Crippen LogP contribution in [0.3, 0.4) is 0 Å². The van der Waals surface area contributed by atoms with E-state index in [9.17, 15) is 18.4 Å². The number of morpholine rings is 1. The van der Waals surface area contributed by atoms with Gasteiger partial charge in [-0.1, -0.05) is 0 Å². The topological polar surface area (TPSA) is 154 Å². The Hall–Kier alpha value is -5.00. The Kier molecular flexibility index (Phi) is 9.20. The molecule has 2 aliphatic heterocycles. The lowest BCUT2D eigenvalue weighted by Gasteiger charge is -2.36. The van der Waals surface area contributed by atoms with E-state index in [0.717, 1.165) is 19.2 Å². The van der Waals surface area contributed by atoms with E-state index >= 15 is 0 Å². The summed E-state index contributed by atoms with van der Waals surface area (Å²) >= 11 is 0. The first-order valence-electron chi connectivity index (χ1n) is 16.2. The van der Waals surface area contributed by atoms with Gasteiger partial charge in [0.25, 0.3) is 5.91 Å². The molecule has 0 bridgehead atoms. The molecule has 17 heteroatoms. The molecule has 0 atom stereocenters. The summed E-state index contributed by atoms with van der Waals surface area (Å²) in [6.45, 7) is 6.68. The van der Waals surface area contributed by atoms with Crippen molar-refractivity contribution in [2.45, 2.75) is 6.54 Å². The second kappa shape index (κ2) is 13.9. The fourth-order valence-electron chi connectivity index (χ4n) is 6.37. The van der Waals surface area contributed by atoms with Gasteiger partial charge in [0.05, 0.1) is 30.7 Å². The maximum absolute atomic E-state index is 14.9. The summed E-state index contributed by atoms with van der Waals surface area (Å²) in [6, 6.07) is 7.47. The average molecular weight is 681 g/mol. The van der Waals surface area contributed by atoms with Gasteiger partial charge in [0.1, 0.15) is 17.0 Å². The largest absolute Gasteiger partial charge is 0.481 e. The summed E-state index contributed by atoms with van der Waals surface area (Å²) in [7, 11) is 1.69. The Bertz CT molecular complexity index is 2010. The molecule has 15 nitrogen and oxygen atoms in total. The first-order valence-corrected chi connectivity index (χ1v) is 16.2. The number of ether oxygens (including phenoxy) is 2. The van der Waals surface area contributed by atoms with Crippen molar-refractivity contribution in [3.8, 4) is 17.2 Å². The number of hydrogen-bond acceptors (Lipinski definition) is 11. The van der Waals surface area contributed by atoms with Crippen molar-refractivity contribution in [1.29, 1.82) is 0 Å². The highest BCUT2D eigenvalue weighted by Gasteiger charge is 2.24. The predicted octanol–water partition coefficient (Wildman–Crippen LogP) is 1.15. The van der Waals surface area contributed by atoms with Gasteiger partial charge in [0, 0.05) is 84.6 Å². The highest BCUT2D eigenvalue weighted by atomic mass is 19.1. The van der Waals surface area contributed by atoms with Crippen molar-refractivity contribution in [3.05, 3.63) is 58.7 Å². The number of nitrogen functional groups attached to an aromatic ring is 1. The maximum atomic E-state index is 14.9. The molecule has 2 saturated heterocycles. The highest BCUT2D eigenvalue weighted by molar-refractivity contribution is 5.91. The number of nitrogens with zero attached hydrogens (tertiary/aromatic N) is 8. The molecule has 3 N–H and O–H groups in total. The van der Waals surface area contributed by atoms with Crippen LogP contribution in [0.25, 0.3) is 28.1 Å². The molecule has 260 valence electrons. The van der Waals surface area contributed by atoms with Crippen molar-refractivity contribution in [3.63, 3.8) is 0 Å². The van der Waals surface area contributed by atoms with Gasteiger partial charge in [0.2, 0.25) is 5.95 Å². The molecular weight excluding hydrogens is 642 g/mol. The lowest BCUT2D eigenvalue weighted by molar-refractivity contribution is -0.123. The number of benzene rings is 1. The predicted molar refractivity (Wildman–Crippen MR) is 177 cm³/mol. The SMILES string of the molecule is Cn1c(=O)n(CCN2CCN(c3cc(OCC(=O)NCCN4CCOCC4)c(F)cc3F)CC2)c2nc(N)n3nc(-c4ccco4)cc3c21. The van der Waals surface area contributed by atoms with Crippen LogP contribution in [0.1, 0.15) is 0 Å². The summed E-state index contributed by atoms with van der Waals surface area (Å²) in [5.74, 6) is -1.44. The molecular formula is C32H38F2N10O5. The molecule has 1 aromatic carbocycles. The van der Waals surface area contributed by atoms with Gasteiger partial charge in [0.15, 0.2) is 29.6 Å². The molecule has 0 spiro atoms. The number of imidazole rings is 1. The van der Waals surface area contributed by atoms with Crippen LogP contribution in [-0.4, -0.2) is 118 Å². The lowest BCUT2D eigenvalue weighted by atomic mass is 10.2. The number of aryl methyl sites for hydroxylation is 1. The minimum Gasteiger partial charge on any atom is -0.481 e. The minimum atomic E-state index is -0.874. The molecule has 4 aromatic heterocycles. The second-order valence-corrected chi connectivity index (χ2v) is 12.1. The molecule has 0 saturated carbocycles. The Morgan fingerprint density at radius 2 is 1.80 bits per heavy atom. The summed E-state index contributed by atoms with van der Waals surface area (Å²) in [5.41, 5.74) is 8.49. The number of hydrogen-bond donors (Lipinski definition) is 2. The number of rotatable bonds is 11. The molecule has 6 heterocycles. The third kappa shape index (κ3) is 6.68. The molecule has 2 fully saturated rings. The first kappa shape index (κ1) is 32.5. The number of halogens is 2. The molecule has 5 aromatic rings. The van der Waals surface area contributed by atoms with Crippen LogP contribution in [0.2, 0.25) is 0 Å². The van der Waals surface area contributed by atoms with E-state index in [2.05, 4.69) is 25.2 Å². The Morgan fingerprint density at radius 1 is 1.02 bits per heavy atom. The van der Waals surface area contributed by atoms with Gasteiger partial charge in [-0.15, -0.1) is 0 Å². The Labute approximate surface area is 279 Å². The van der Waals surface area contributed by atoms with E-state index < -0.39 is 11.6 Å². The number of nitrogens with one attached hydrogen (secondary N) is 1. The van der Waals surface area contributed by atoms with Crippen LogP contribution < -0.4 is 26.4 Å². The number of carbonyl (C=O) groups is 1. The van der Waals surface area contributed by atoms with Crippen LogP contribution >= 0.6 is 0 Å². The molecule has 7 rings (SSSR count). The van der Waals surface area contributed by atoms with E-state index in [-0.39, 0.29) is 35.6 Å². The van der Waals surface area contributed by atoms with E-state index in [4.69, 9.17) is 19.6 Å². The van der Waals surface area contributed by atoms with E-state index in [1.54, 1.807) is 30.0 Å². The molecule has 0 radical (unpaired) electrons. The van der Waals surface area contributed by atoms with Crippen molar-refractivity contribution < 1.29 is 27.5 Å². The zero-order valence-electron chi connectivity index (χ0n) is 27.1. The standard InChI is InChI=1S/C32H38F2N10O5/c1-39-29-25-18-23(26-3-2-14-48-26)38-44(25)31(35)37-30(29)43(32(39)46)11-8-41-6-9-42(10-7-41)24-19-27(22(34)17-21(24)33)49-20-28(45)36-4-5-40-12-15-47-16-13-40/h2-3,14,17-19H,4-13,15-16,20H2,1H3,(H2,35,37)(H,36,45). The quantitative estimate of drug-likeness (QED) is 0.207. The summed E-state index contributed by atoms with van der Waals surface area (Å²) in [6.07, 6.45) is 1.56. The molecule has 0 aliphatic carbocycles. The van der Waals surface area contributed by atoms with Gasteiger partial charge in [-0.25, -0.2) is 13.6 Å². The fraction of sp³-hybridized carbons (Fsp3) is 0.438. The molecule has 1 amide bonds. The van der Waals surface area contributed by atoms with Crippen molar-refractivity contribution in [1.82, 2.24) is 38.8 Å². The lowest BCUT2D eigenvalue weighted by Crippen LogP contribution is -2.47. The number of carbonyl (C=O) groups excluding carboxylic acids is 1. The number of furan rings is 1. The first-order chi connectivity index (χ1) is 23.8. The van der Waals surface area contributed by atoms with Crippen LogP contribution in [0, 0.1) is 11.6 Å². The summed E-state index contributed by atoms with van der Waals surface area (Å²) in [4.78, 5) is 36.4. The number of piperazine rings is 1. The number of amides is 1. The number of fused-ring (bicyclic) bond motifs is 3. The molecule has 0 unspecified atom stereocenters. The smallest absolute Gasteiger partial charge is 0.330 e. The summed E-state index contributed by atoms with van der Waals surface area (Å²) < 4.78 is 50.4. The average Bonchev–Trinajstić information content (AvgIpc) is 3.84. The van der Waals surface area contributed by atoms with Gasteiger partial charge >= 0.3 is 5.69 Å². The van der Waals surface area contributed by atoms with Crippen LogP contribution in [-0.2, 0) is 23.1 Å². The monoisotopic (exact) mass is 680 g/mol. The van der Waals surface area contributed by atoms with Gasteiger partial charge in [-0.3, -0.25) is 23.7 Å². The van der Waals surface area contributed by atoms with Gasteiger partial charge in [-0.2, -0.15) is 14.6 Å². The van der Waals surface area contributed by atoms with Crippen molar-refractivity contribution in [2.75, 3.05) is 89.4 Å². The van der Waals surface area contributed by atoms with Gasteiger partial charge < -0.3 is 29.8 Å². The van der Waals surface area contributed by atoms with E-state index in [1.165, 1.54) is 15.1 Å². The number of nitrogens with two attached hydrogens (primary N) is 1. The Morgan fingerprint density at radius 3 is 2.55 bits per heavy atom. The maximum Gasteiger partial charge on any atom is 0.330 e. The van der Waals surface area contributed by atoms with E-state index in [1.807, 2.05) is 11.0 Å². The zero-order chi connectivity index (χ0) is 34.1. The minimum absolute atomic E-state index is 0.141. The van der Waals surface area contributed by atoms with Crippen LogP contribution in [0.5, 0.6) is 5.75 Å². The van der Waals surface area contributed by atoms with Gasteiger partial charge in [-0.05, 0) is 18.2 Å². The van der Waals surface area contributed by atoms with Crippen LogP contribution in [0.15, 0.2) is 45.8 Å². The summed E-state index contributed by atoms with van der Waals surface area (Å²) in [5, 5.41) is 7.29. The normalized spacial score (nSPS) is 16.2.